The van der Waals surface area contributed by atoms with Crippen LogP contribution in [-0.2, 0) is 9.53 Å². The molecule has 0 bridgehead atoms. The summed E-state index contributed by atoms with van der Waals surface area (Å²) in [6, 6.07) is 7.04. The van der Waals surface area contributed by atoms with Crippen molar-refractivity contribution in [1.29, 1.82) is 0 Å². The lowest BCUT2D eigenvalue weighted by Crippen LogP contribution is -2.07. The highest BCUT2D eigenvalue weighted by atomic mass is 16.6. The second kappa shape index (κ2) is 5.68. The summed E-state index contributed by atoms with van der Waals surface area (Å²) in [4.78, 5) is 11.3. The fraction of sp³-hybridized carbons (Fsp3) is 0.462. The molecule has 0 spiro atoms. The van der Waals surface area contributed by atoms with Crippen LogP contribution < -0.4 is 9.47 Å². The minimum Gasteiger partial charge on any atom is -0.491 e. The lowest BCUT2D eigenvalue weighted by Gasteiger charge is -2.06. The molecule has 4 heteroatoms. The first-order valence-electron chi connectivity index (χ1n) is 5.83. The zero-order valence-electron chi connectivity index (χ0n) is 9.85. The summed E-state index contributed by atoms with van der Waals surface area (Å²) in [6.07, 6.45) is 1.48. The molecule has 0 N–H and O–H groups in total. The predicted molar refractivity (Wildman–Crippen MR) is 62.2 cm³/mol. The number of hydrogen-bond acceptors (Lipinski definition) is 4. The molecule has 1 aromatic rings. The molecule has 1 aliphatic heterocycles. The highest BCUT2D eigenvalue weighted by molar-refractivity contribution is 5.72. The van der Waals surface area contributed by atoms with Gasteiger partial charge in [-0.2, -0.15) is 0 Å². The summed E-state index contributed by atoms with van der Waals surface area (Å²) in [5.74, 6) is 1.11. The molecule has 1 heterocycles. The summed E-state index contributed by atoms with van der Waals surface area (Å²) in [5.41, 5.74) is 0. The van der Waals surface area contributed by atoms with Crippen LogP contribution in [0.15, 0.2) is 24.3 Å². The first-order valence-corrected chi connectivity index (χ1v) is 5.83. The molecule has 0 saturated carbocycles. The van der Waals surface area contributed by atoms with Crippen molar-refractivity contribution in [3.63, 3.8) is 0 Å². The minimum absolute atomic E-state index is 0.201. The van der Waals surface area contributed by atoms with E-state index >= 15 is 0 Å². The lowest BCUT2D eigenvalue weighted by atomic mass is 10.3. The Kier molecular flexibility index (Phi) is 3.98. The first kappa shape index (κ1) is 11.9. The molecule has 0 aliphatic carbocycles. The second-order valence-corrected chi connectivity index (χ2v) is 3.96. The smallest absolute Gasteiger partial charge is 0.311 e. The Labute approximate surface area is 100 Å². The molecule has 1 saturated heterocycles. The van der Waals surface area contributed by atoms with Crippen LogP contribution in [0.3, 0.4) is 0 Å². The molecule has 1 fully saturated rings. The zero-order chi connectivity index (χ0) is 12.1. The fourth-order valence-electron chi connectivity index (χ4n) is 1.34. The Morgan fingerprint density at radius 1 is 1.35 bits per heavy atom. The molecule has 2 rings (SSSR count). The Morgan fingerprint density at radius 2 is 2.00 bits per heavy atom. The van der Waals surface area contributed by atoms with Gasteiger partial charge in [0.2, 0.25) is 0 Å². The Bertz CT molecular complexity index is 368. The van der Waals surface area contributed by atoms with Gasteiger partial charge in [0.05, 0.1) is 6.61 Å². The van der Waals surface area contributed by atoms with Crippen molar-refractivity contribution in [2.45, 2.75) is 25.9 Å². The molecule has 1 atom stereocenters. The molecular formula is C13H16O4. The molecule has 92 valence electrons. The van der Waals surface area contributed by atoms with Gasteiger partial charge >= 0.3 is 5.97 Å². The Hall–Kier alpha value is -1.55. The molecule has 0 amide bonds. The third-order valence-corrected chi connectivity index (χ3v) is 2.35. The number of benzene rings is 1. The average molecular weight is 236 g/mol. The monoisotopic (exact) mass is 236 g/mol. The van der Waals surface area contributed by atoms with Crippen LogP contribution in [0.25, 0.3) is 0 Å². The number of carbonyl (C=O) groups is 1. The van der Waals surface area contributed by atoms with Gasteiger partial charge in [-0.1, -0.05) is 6.92 Å². The van der Waals surface area contributed by atoms with Gasteiger partial charge in [0, 0.05) is 6.42 Å². The predicted octanol–water partition coefficient (Wildman–Crippen LogP) is 2.17. The van der Waals surface area contributed by atoms with Gasteiger partial charge in [0.25, 0.3) is 0 Å². The van der Waals surface area contributed by atoms with E-state index < -0.39 is 0 Å². The number of rotatable bonds is 6. The molecule has 17 heavy (non-hydrogen) atoms. The van der Waals surface area contributed by atoms with Gasteiger partial charge in [0.1, 0.15) is 24.2 Å². The molecular weight excluding hydrogens is 220 g/mol. The van der Waals surface area contributed by atoms with E-state index in [1.165, 1.54) is 0 Å². The molecule has 0 aromatic heterocycles. The number of hydrogen-bond donors (Lipinski definition) is 0. The third-order valence-electron chi connectivity index (χ3n) is 2.35. The van der Waals surface area contributed by atoms with Crippen LogP contribution in [0.1, 0.15) is 19.8 Å². The topological polar surface area (TPSA) is 48.1 Å². The minimum atomic E-state index is -0.201. The van der Waals surface area contributed by atoms with Crippen LogP contribution in [0, 0.1) is 0 Å². The van der Waals surface area contributed by atoms with Crippen LogP contribution in [-0.4, -0.2) is 25.3 Å². The largest absolute Gasteiger partial charge is 0.491 e. The Morgan fingerprint density at radius 3 is 2.59 bits per heavy atom. The van der Waals surface area contributed by atoms with E-state index in [0.29, 0.717) is 18.8 Å². The summed E-state index contributed by atoms with van der Waals surface area (Å²) in [7, 11) is 0. The van der Waals surface area contributed by atoms with Gasteiger partial charge in [-0.3, -0.25) is 4.79 Å². The van der Waals surface area contributed by atoms with Gasteiger partial charge in [-0.05, 0) is 30.7 Å². The van der Waals surface area contributed by atoms with E-state index in [1.54, 1.807) is 24.3 Å². The van der Waals surface area contributed by atoms with Crippen molar-refractivity contribution < 1.29 is 19.0 Å². The maximum Gasteiger partial charge on any atom is 0.311 e. The Balaban J connectivity index is 1.81. The van der Waals surface area contributed by atoms with Gasteiger partial charge in [0.15, 0.2) is 0 Å². The van der Waals surface area contributed by atoms with E-state index in [1.807, 2.05) is 6.92 Å². The molecule has 0 radical (unpaired) electrons. The standard InChI is InChI=1S/C13H16O4/c1-2-3-13(14)17-11-6-4-10(5-7-11)15-8-12-9-16-12/h4-7,12H,2-3,8-9H2,1H3. The summed E-state index contributed by atoms with van der Waals surface area (Å²) >= 11 is 0. The lowest BCUT2D eigenvalue weighted by molar-refractivity contribution is -0.134. The van der Waals surface area contributed by atoms with Crippen molar-refractivity contribution >= 4 is 5.97 Å². The van der Waals surface area contributed by atoms with Crippen molar-refractivity contribution in [3.05, 3.63) is 24.3 Å². The maximum atomic E-state index is 11.3. The second-order valence-electron chi connectivity index (χ2n) is 3.96. The number of epoxide rings is 1. The highest BCUT2D eigenvalue weighted by Gasteiger charge is 2.22. The fourth-order valence-corrected chi connectivity index (χ4v) is 1.34. The first-order chi connectivity index (χ1) is 8.28. The van der Waals surface area contributed by atoms with Gasteiger partial charge in [-0.25, -0.2) is 0 Å². The highest BCUT2D eigenvalue weighted by Crippen LogP contribution is 2.19. The maximum absolute atomic E-state index is 11.3. The normalized spacial score (nSPS) is 17.6. The van der Waals surface area contributed by atoms with Crippen molar-refractivity contribution in [1.82, 2.24) is 0 Å². The molecule has 4 nitrogen and oxygen atoms in total. The quantitative estimate of drug-likeness (QED) is 0.431. The molecule has 1 aliphatic rings. The summed E-state index contributed by atoms with van der Waals surface area (Å²) in [5, 5.41) is 0. The number of ether oxygens (including phenoxy) is 3. The summed E-state index contributed by atoms with van der Waals surface area (Å²) in [6.45, 7) is 3.31. The SMILES string of the molecule is CCCC(=O)Oc1ccc(OCC2CO2)cc1. The van der Waals surface area contributed by atoms with E-state index in [-0.39, 0.29) is 12.1 Å². The third kappa shape index (κ3) is 4.07. The molecule has 1 aromatic carbocycles. The van der Waals surface area contributed by atoms with Crippen molar-refractivity contribution in [2.24, 2.45) is 0 Å². The van der Waals surface area contributed by atoms with Crippen LogP contribution >= 0.6 is 0 Å². The molecule has 1 unspecified atom stereocenters. The average Bonchev–Trinajstić information content (AvgIpc) is 3.12. The van der Waals surface area contributed by atoms with E-state index in [0.717, 1.165) is 18.8 Å². The van der Waals surface area contributed by atoms with Crippen LogP contribution in [0.5, 0.6) is 11.5 Å². The number of esters is 1. The summed E-state index contributed by atoms with van der Waals surface area (Å²) < 4.78 is 15.6. The van der Waals surface area contributed by atoms with Crippen LogP contribution in [0.2, 0.25) is 0 Å². The zero-order valence-corrected chi connectivity index (χ0v) is 9.85. The van der Waals surface area contributed by atoms with E-state index in [9.17, 15) is 4.79 Å². The van der Waals surface area contributed by atoms with Crippen LogP contribution in [0.4, 0.5) is 0 Å². The van der Waals surface area contributed by atoms with Crippen molar-refractivity contribution in [2.75, 3.05) is 13.2 Å². The van der Waals surface area contributed by atoms with Crippen molar-refractivity contribution in [3.8, 4) is 11.5 Å². The number of carbonyl (C=O) groups excluding carboxylic acids is 1. The van der Waals surface area contributed by atoms with E-state index in [2.05, 4.69) is 0 Å². The van der Waals surface area contributed by atoms with Gasteiger partial charge in [-0.15, -0.1) is 0 Å². The van der Waals surface area contributed by atoms with E-state index in [4.69, 9.17) is 14.2 Å². The van der Waals surface area contributed by atoms with Gasteiger partial charge < -0.3 is 14.2 Å².